The largest absolute Gasteiger partial charge is 0.455 e. The number of para-hydroxylation sites is 1. The number of hydrogen-bond acceptors (Lipinski definition) is 2. The SMILES string of the molecule is c1ccc2cc(-c3c4ccccc4c(-c4ccc(-c5ccc6c(c5)oc5c7ccccc7c7c8ccccc8oc7c65)cc4)c4ccccc34)ccc2c1. The van der Waals surface area contributed by atoms with Crippen LogP contribution in [0.3, 0.4) is 0 Å². The van der Waals surface area contributed by atoms with Crippen molar-refractivity contribution in [1.29, 1.82) is 0 Å². The van der Waals surface area contributed by atoms with E-state index >= 15 is 0 Å². The van der Waals surface area contributed by atoms with E-state index in [2.05, 4.69) is 170 Å². The Morgan fingerprint density at radius 3 is 1.48 bits per heavy atom. The molecule has 0 unspecified atom stereocenters. The van der Waals surface area contributed by atoms with E-state index in [9.17, 15) is 0 Å². The molecule has 54 heavy (non-hydrogen) atoms. The Bertz CT molecular complexity index is 3430. The van der Waals surface area contributed by atoms with Crippen LogP contribution in [-0.2, 0) is 0 Å². The van der Waals surface area contributed by atoms with Crippen molar-refractivity contribution >= 4 is 87.0 Å². The maximum Gasteiger partial charge on any atom is 0.147 e. The van der Waals surface area contributed by atoms with Crippen molar-refractivity contribution in [2.24, 2.45) is 0 Å². The van der Waals surface area contributed by atoms with E-state index in [1.165, 1.54) is 54.6 Å². The number of benzene rings is 10. The Kier molecular flexibility index (Phi) is 6.09. The average Bonchev–Trinajstić information content (AvgIpc) is 3.82. The molecular formula is C52H30O2. The molecule has 2 heterocycles. The second-order valence-electron chi connectivity index (χ2n) is 14.3. The fourth-order valence-electron chi connectivity index (χ4n) is 9.00. The van der Waals surface area contributed by atoms with E-state index in [-0.39, 0.29) is 0 Å². The highest BCUT2D eigenvalue weighted by atomic mass is 16.3. The minimum Gasteiger partial charge on any atom is -0.455 e. The Hall–Kier alpha value is -7.16. The third-order valence-electron chi connectivity index (χ3n) is 11.4. The summed E-state index contributed by atoms with van der Waals surface area (Å²) in [5, 5.41) is 14.1. The van der Waals surface area contributed by atoms with Gasteiger partial charge in [0, 0.05) is 21.5 Å². The lowest BCUT2D eigenvalue weighted by molar-refractivity contribution is 0.665. The summed E-state index contributed by atoms with van der Waals surface area (Å²) in [5.74, 6) is 0. The van der Waals surface area contributed by atoms with Crippen LogP contribution in [0.25, 0.3) is 120 Å². The Morgan fingerprint density at radius 2 is 0.759 bits per heavy atom. The first kappa shape index (κ1) is 29.4. The minimum absolute atomic E-state index is 0.853. The van der Waals surface area contributed by atoms with Crippen molar-refractivity contribution < 1.29 is 8.83 Å². The van der Waals surface area contributed by atoms with Crippen molar-refractivity contribution in [2.45, 2.75) is 0 Å². The molecule has 250 valence electrons. The summed E-state index contributed by atoms with van der Waals surface area (Å²) >= 11 is 0. The van der Waals surface area contributed by atoms with Gasteiger partial charge in [-0.05, 0) is 95.3 Å². The van der Waals surface area contributed by atoms with Crippen LogP contribution < -0.4 is 0 Å². The van der Waals surface area contributed by atoms with E-state index in [1.807, 2.05) is 12.1 Å². The third kappa shape index (κ3) is 4.17. The zero-order valence-electron chi connectivity index (χ0n) is 29.1. The summed E-state index contributed by atoms with van der Waals surface area (Å²) in [6.07, 6.45) is 0. The number of hydrogen-bond donors (Lipinski definition) is 0. The summed E-state index contributed by atoms with van der Waals surface area (Å²) in [4.78, 5) is 0. The summed E-state index contributed by atoms with van der Waals surface area (Å²) in [7, 11) is 0. The summed E-state index contributed by atoms with van der Waals surface area (Å²) < 4.78 is 13.3. The molecule has 2 aromatic heterocycles. The molecule has 0 bridgehead atoms. The van der Waals surface area contributed by atoms with Gasteiger partial charge in [-0.25, -0.2) is 0 Å². The van der Waals surface area contributed by atoms with Gasteiger partial charge in [-0.2, -0.15) is 0 Å². The molecule has 0 saturated carbocycles. The lowest BCUT2D eigenvalue weighted by atomic mass is 9.85. The third-order valence-corrected chi connectivity index (χ3v) is 11.4. The van der Waals surface area contributed by atoms with E-state index in [0.29, 0.717) is 0 Å². The van der Waals surface area contributed by atoms with Gasteiger partial charge in [0.2, 0.25) is 0 Å². The first-order chi connectivity index (χ1) is 26.8. The van der Waals surface area contributed by atoms with Crippen LogP contribution in [-0.4, -0.2) is 0 Å². The van der Waals surface area contributed by atoms with Gasteiger partial charge in [0.15, 0.2) is 0 Å². The highest BCUT2D eigenvalue weighted by molar-refractivity contribution is 6.33. The zero-order valence-corrected chi connectivity index (χ0v) is 29.1. The van der Waals surface area contributed by atoms with Crippen LogP contribution in [0.4, 0.5) is 0 Å². The lowest BCUT2D eigenvalue weighted by Gasteiger charge is -2.18. The second kappa shape index (κ2) is 11.2. The maximum atomic E-state index is 6.73. The first-order valence-corrected chi connectivity index (χ1v) is 18.5. The molecule has 0 aliphatic rings. The van der Waals surface area contributed by atoms with Crippen LogP contribution in [0.1, 0.15) is 0 Å². The van der Waals surface area contributed by atoms with Crippen LogP contribution in [0.15, 0.2) is 191 Å². The second-order valence-corrected chi connectivity index (χ2v) is 14.3. The van der Waals surface area contributed by atoms with Gasteiger partial charge in [0.25, 0.3) is 0 Å². The predicted octanol–water partition coefficient (Wildman–Crippen LogP) is 15.1. The standard InChI is InChI=1S/C52H30O2/c1-2-12-34-29-36(26-23-31(34)11-1)48-39-15-5-3-13-37(39)47(38-14-4-6-16-40(38)48)33-24-21-32(22-25-33)35-27-28-44-46(30-35)54-51-42-18-8-7-17-41(42)49-43-19-9-10-20-45(43)53-52(49)50(44)51/h1-30H. The van der Waals surface area contributed by atoms with Crippen LogP contribution in [0.2, 0.25) is 0 Å². The van der Waals surface area contributed by atoms with Gasteiger partial charge in [-0.3, -0.25) is 0 Å². The average molecular weight is 687 g/mol. The normalized spacial score (nSPS) is 12.1. The van der Waals surface area contributed by atoms with Gasteiger partial charge in [0.05, 0.1) is 5.39 Å². The molecule has 10 aromatic carbocycles. The molecule has 0 N–H and O–H groups in total. The quantitative estimate of drug-likeness (QED) is 0.173. The van der Waals surface area contributed by atoms with E-state index < -0.39 is 0 Å². The van der Waals surface area contributed by atoms with Crippen LogP contribution >= 0.6 is 0 Å². The molecule has 0 atom stereocenters. The number of rotatable bonds is 3. The number of fused-ring (bicyclic) bond motifs is 13. The smallest absolute Gasteiger partial charge is 0.147 e. The molecule has 2 heteroatoms. The molecule has 0 fully saturated rings. The topological polar surface area (TPSA) is 26.3 Å². The molecule has 2 nitrogen and oxygen atoms in total. The van der Waals surface area contributed by atoms with Gasteiger partial charge < -0.3 is 8.83 Å². The summed E-state index contributed by atoms with van der Waals surface area (Å²) in [6.45, 7) is 0. The van der Waals surface area contributed by atoms with Gasteiger partial charge in [0.1, 0.15) is 22.3 Å². The minimum atomic E-state index is 0.853. The number of furan rings is 2. The van der Waals surface area contributed by atoms with Crippen LogP contribution in [0.5, 0.6) is 0 Å². The molecule has 12 aromatic rings. The lowest BCUT2D eigenvalue weighted by Crippen LogP contribution is -1.91. The van der Waals surface area contributed by atoms with Gasteiger partial charge in [-0.1, -0.05) is 158 Å². The predicted molar refractivity (Wildman–Crippen MR) is 227 cm³/mol. The van der Waals surface area contributed by atoms with Crippen molar-refractivity contribution in [1.82, 2.24) is 0 Å². The molecule has 0 aliphatic heterocycles. The summed E-state index contributed by atoms with van der Waals surface area (Å²) in [6, 6.07) is 65.6. The van der Waals surface area contributed by atoms with Crippen molar-refractivity contribution in [2.75, 3.05) is 0 Å². The Labute approximate surface area is 310 Å². The molecule has 0 amide bonds. The highest BCUT2D eigenvalue weighted by Crippen LogP contribution is 2.47. The molecule has 0 saturated heterocycles. The molecule has 0 spiro atoms. The van der Waals surface area contributed by atoms with Gasteiger partial charge >= 0.3 is 0 Å². The fourth-order valence-corrected chi connectivity index (χ4v) is 9.00. The monoisotopic (exact) mass is 686 g/mol. The first-order valence-electron chi connectivity index (χ1n) is 18.5. The van der Waals surface area contributed by atoms with E-state index in [4.69, 9.17) is 8.83 Å². The highest BCUT2D eigenvalue weighted by Gasteiger charge is 2.21. The fraction of sp³-hybridized carbons (Fsp3) is 0. The Balaban J connectivity index is 1.01. The molecule has 12 rings (SSSR count). The van der Waals surface area contributed by atoms with Gasteiger partial charge in [-0.15, -0.1) is 0 Å². The van der Waals surface area contributed by atoms with Crippen molar-refractivity contribution in [3.63, 3.8) is 0 Å². The van der Waals surface area contributed by atoms with E-state index in [1.54, 1.807) is 0 Å². The molecule has 0 radical (unpaired) electrons. The Morgan fingerprint density at radius 1 is 0.259 bits per heavy atom. The molecule has 0 aliphatic carbocycles. The van der Waals surface area contributed by atoms with Crippen LogP contribution in [0, 0.1) is 0 Å². The van der Waals surface area contributed by atoms with Crippen molar-refractivity contribution in [3.05, 3.63) is 182 Å². The maximum absolute atomic E-state index is 6.73. The van der Waals surface area contributed by atoms with E-state index in [0.717, 1.165) is 65.8 Å². The van der Waals surface area contributed by atoms with Crippen molar-refractivity contribution in [3.8, 4) is 33.4 Å². The zero-order chi connectivity index (χ0) is 35.3. The summed E-state index contributed by atoms with van der Waals surface area (Å²) in [5.41, 5.74) is 10.7. The molecular weight excluding hydrogens is 657 g/mol.